The molecule has 0 spiro atoms. The molecule has 1 aliphatic heterocycles. The molecule has 0 aromatic rings. The normalized spacial score (nSPS) is 15.9. The predicted octanol–water partition coefficient (Wildman–Crippen LogP) is 1.30. The third-order valence-corrected chi connectivity index (χ3v) is 3.21. The summed E-state index contributed by atoms with van der Waals surface area (Å²) in [7, 11) is 0. The van der Waals surface area contributed by atoms with Crippen molar-refractivity contribution in [3.05, 3.63) is 11.8 Å². The van der Waals surface area contributed by atoms with Gasteiger partial charge in [0.2, 0.25) is 0 Å². The number of rotatable bonds is 4. The zero-order chi connectivity index (χ0) is 17.5. The van der Waals surface area contributed by atoms with Gasteiger partial charge in [0, 0.05) is 44.8 Å². The lowest BCUT2D eigenvalue weighted by molar-refractivity contribution is -0.117. The Labute approximate surface area is 141 Å². The summed E-state index contributed by atoms with van der Waals surface area (Å²) in [5, 5.41) is 11.6. The van der Waals surface area contributed by atoms with Crippen LogP contribution in [0.4, 0.5) is 4.79 Å². The summed E-state index contributed by atoms with van der Waals surface area (Å²) >= 11 is 5.50. The lowest BCUT2D eigenvalue weighted by Crippen LogP contribution is -2.48. The first-order valence-electron chi connectivity index (χ1n) is 7.45. The minimum Gasteiger partial charge on any atom is -0.444 e. The largest absolute Gasteiger partial charge is 0.444 e. The molecule has 2 amide bonds. The summed E-state index contributed by atoms with van der Waals surface area (Å²) in [5.41, 5.74) is -0.497. The highest BCUT2D eigenvalue weighted by atomic mass is 35.5. The van der Waals surface area contributed by atoms with E-state index >= 15 is 0 Å². The van der Waals surface area contributed by atoms with Gasteiger partial charge in [-0.15, -0.1) is 11.6 Å². The molecule has 7 nitrogen and oxygen atoms in total. The third kappa shape index (κ3) is 6.78. The quantitative estimate of drug-likeness (QED) is 0.473. The van der Waals surface area contributed by atoms with Crippen LogP contribution in [0.5, 0.6) is 0 Å². The van der Waals surface area contributed by atoms with E-state index in [0.29, 0.717) is 38.6 Å². The Kier molecular flexibility index (Phi) is 7.17. The van der Waals surface area contributed by atoms with Crippen LogP contribution in [-0.4, -0.2) is 66.0 Å². The summed E-state index contributed by atoms with van der Waals surface area (Å²) in [5.74, 6) is -0.151. The standard InChI is InChI=1S/C15H23ClN4O3/c1-15(2,3)23-14(22)20-8-6-19(7-9-20)11-12(10-17)13(21)18-5-4-16/h11H,4-9H2,1-3H3,(H,18,21)/b12-11-. The van der Waals surface area contributed by atoms with Crippen molar-refractivity contribution in [2.75, 3.05) is 38.6 Å². The summed E-state index contributed by atoms with van der Waals surface area (Å²) in [4.78, 5) is 27.2. The van der Waals surface area contributed by atoms with Crippen LogP contribution in [0.15, 0.2) is 11.8 Å². The van der Waals surface area contributed by atoms with Crippen molar-refractivity contribution < 1.29 is 14.3 Å². The fraction of sp³-hybridized carbons (Fsp3) is 0.667. The number of alkyl halides is 1. The van der Waals surface area contributed by atoms with Gasteiger partial charge >= 0.3 is 6.09 Å². The first-order valence-corrected chi connectivity index (χ1v) is 7.98. The minimum atomic E-state index is -0.525. The Morgan fingerprint density at radius 2 is 1.91 bits per heavy atom. The molecule has 1 heterocycles. The van der Waals surface area contributed by atoms with Crippen molar-refractivity contribution in [2.24, 2.45) is 0 Å². The summed E-state index contributed by atoms with van der Waals surface area (Å²) < 4.78 is 5.32. The highest BCUT2D eigenvalue weighted by molar-refractivity contribution is 6.18. The number of amides is 2. The van der Waals surface area contributed by atoms with Crippen molar-refractivity contribution in [3.8, 4) is 6.07 Å². The van der Waals surface area contributed by atoms with Crippen molar-refractivity contribution in [1.82, 2.24) is 15.1 Å². The summed E-state index contributed by atoms with van der Waals surface area (Å²) in [6, 6.07) is 1.88. The average molecular weight is 343 g/mol. The van der Waals surface area contributed by atoms with Gasteiger partial charge < -0.3 is 19.9 Å². The van der Waals surface area contributed by atoms with Crippen LogP contribution < -0.4 is 5.32 Å². The van der Waals surface area contributed by atoms with E-state index in [1.165, 1.54) is 6.20 Å². The molecule has 0 saturated carbocycles. The molecule has 1 rings (SSSR count). The van der Waals surface area contributed by atoms with Gasteiger partial charge in [-0.2, -0.15) is 5.26 Å². The molecule has 1 N–H and O–H groups in total. The van der Waals surface area contributed by atoms with Gasteiger partial charge in [-0.05, 0) is 20.8 Å². The molecule has 0 aliphatic carbocycles. The number of hydrogen-bond acceptors (Lipinski definition) is 5. The van der Waals surface area contributed by atoms with Crippen molar-refractivity contribution in [3.63, 3.8) is 0 Å². The number of nitrogens with zero attached hydrogens (tertiary/aromatic N) is 3. The number of halogens is 1. The third-order valence-electron chi connectivity index (χ3n) is 3.02. The topological polar surface area (TPSA) is 85.7 Å². The van der Waals surface area contributed by atoms with Gasteiger partial charge in [0.15, 0.2) is 0 Å². The van der Waals surface area contributed by atoms with E-state index in [-0.39, 0.29) is 11.7 Å². The van der Waals surface area contributed by atoms with Gasteiger partial charge in [0.25, 0.3) is 5.91 Å². The molecule has 0 bridgehead atoms. The van der Waals surface area contributed by atoms with Gasteiger partial charge in [0.05, 0.1) is 0 Å². The second kappa shape index (κ2) is 8.63. The van der Waals surface area contributed by atoms with Gasteiger partial charge in [-0.3, -0.25) is 4.79 Å². The van der Waals surface area contributed by atoms with Gasteiger partial charge in [-0.1, -0.05) is 0 Å². The Hall–Kier alpha value is -1.94. The molecule has 0 aromatic heterocycles. The summed E-state index contributed by atoms with van der Waals surface area (Å²) in [6.07, 6.45) is 1.18. The Bertz CT molecular complexity index is 500. The Balaban J connectivity index is 2.55. The predicted molar refractivity (Wildman–Crippen MR) is 86.8 cm³/mol. The summed E-state index contributed by atoms with van der Waals surface area (Å²) in [6.45, 7) is 7.81. The molecule has 1 saturated heterocycles. The molecule has 23 heavy (non-hydrogen) atoms. The molecular weight excluding hydrogens is 320 g/mol. The number of carbonyl (C=O) groups is 2. The maximum absolute atomic E-state index is 12.0. The molecule has 0 atom stereocenters. The second-order valence-electron chi connectivity index (χ2n) is 6.10. The van der Waals surface area contributed by atoms with E-state index in [1.807, 2.05) is 31.7 Å². The number of ether oxygens (including phenoxy) is 1. The number of nitrogens with one attached hydrogen (secondary N) is 1. The van der Waals surface area contributed by atoms with E-state index in [0.717, 1.165) is 0 Å². The monoisotopic (exact) mass is 342 g/mol. The van der Waals surface area contributed by atoms with Crippen molar-refractivity contribution in [2.45, 2.75) is 26.4 Å². The molecule has 0 unspecified atom stereocenters. The second-order valence-corrected chi connectivity index (χ2v) is 6.48. The van der Waals surface area contributed by atoms with Crippen LogP contribution >= 0.6 is 11.6 Å². The molecule has 8 heteroatoms. The van der Waals surface area contributed by atoms with Crippen LogP contribution in [0, 0.1) is 11.3 Å². The van der Waals surface area contributed by atoms with Gasteiger partial charge in [0.1, 0.15) is 17.2 Å². The molecule has 0 aromatic carbocycles. The molecule has 1 aliphatic rings. The molecule has 128 valence electrons. The number of piperazine rings is 1. The molecule has 1 fully saturated rings. The number of carbonyl (C=O) groups excluding carboxylic acids is 2. The van der Waals surface area contributed by atoms with Crippen LogP contribution in [0.25, 0.3) is 0 Å². The minimum absolute atomic E-state index is 0.0286. The fourth-order valence-electron chi connectivity index (χ4n) is 1.94. The van der Waals surface area contributed by atoms with Crippen molar-refractivity contribution in [1.29, 1.82) is 5.26 Å². The smallest absolute Gasteiger partial charge is 0.410 e. The SMILES string of the molecule is CC(C)(C)OC(=O)N1CCN(/C=C(/C#N)C(=O)NCCCl)CC1. The first kappa shape index (κ1) is 19.1. The highest BCUT2D eigenvalue weighted by Gasteiger charge is 2.25. The fourth-order valence-corrected chi connectivity index (χ4v) is 2.03. The van der Waals surface area contributed by atoms with E-state index in [1.54, 1.807) is 4.90 Å². The lowest BCUT2D eigenvalue weighted by Gasteiger charge is -2.35. The van der Waals surface area contributed by atoms with Crippen LogP contribution in [0.1, 0.15) is 20.8 Å². The number of hydrogen-bond donors (Lipinski definition) is 1. The van der Waals surface area contributed by atoms with Gasteiger partial charge in [-0.25, -0.2) is 4.79 Å². The number of nitriles is 1. The highest BCUT2D eigenvalue weighted by Crippen LogP contribution is 2.12. The first-order chi connectivity index (χ1) is 10.8. The zero-order valence-corrected chi connectivity index (χ0v) is 14.5. The maximum atomic E-state index is 12.0. The molecular formula is C15H23ClN4O3. The van der Waals surface area contributed by atoms with Crippen LogP contribution in [-0.2, 0) is 9.53 Å². The Morgan fingerprint density at radius 3 is 2.39 bits per heavy atom. The lowest BCUT2D eigenvalue weighted by atomic mass is 10.2. The zero-order valence-electron chi connectivity index (χ0n) is 13.8. The van der Waals surface area contributed by atoms with Crippen LogP contribution in [0.2, 0.25) is 0 Å². The van der Waals surface area contributed by atoms with Crippen molar-refractivity contribution >= 4 is 23.6 Å². The maximum Gasteiger partial charge on any atom is 0.410 e. The molecule has 0 radical (unpaired) electrons. The van der Waals surface area contributed by atoms with E-state index in [4.69, 9.17) is 21.6 Å². The Morgan fingerprint density at radius 1 is 1.30 bits per heavy atom. The van der Waals surface area contributed by atoms with E-state index in [2.05, 4.69) is 5.32 Å². The van der Waals surface area contributed by atoms with E-state index < -0.39 is 11.5 Å². The van der Waals surface area contributed by atoms with E-state index in [9.17, 15) is 9.59 Å². The van der Waals surface area contributed by atoms with Crippen LogP contribution in [0.3, 0.4) is 0 Å². The average Bonchev–Trinajstić information content (AvgIpc) is 2.49.